The summed E-state index contributed by atoms with van der Waals surface area (Å²) in [7, 11) is 0. The largest absolute Gasteiger partial charge is 0.494 e. The zero-order valence-corrected chi connectivity index (χ0v) is 13.2. The zero-order chi connectivity index (χ0) is 14.2. The third-order valence-electron chi connectivity index (χ3n) is 3.77. The number of amides is 1. The van der Waals surface area contributed by atoms with Gasteiger partial charge in [0.25, 0.3) is 0 Å². The highest BCUT2D eigenvalue weighted by atomic mass is 35.5. The van der Waals surface area contributed by atoms with Crippen molar-refractivity contribution in [3.8, 4) is 5.75 Å². The number of nitrogens with two attached hydrogens (primary N) is 1. The van der Waals surface area contributed by atoms with Crippen LogP contribution in [0.1, 0.15) is 32.1 Å². The monoisotopic (exact) mass is 312 g/mol. The molecule has 118 valence electrons. The number of carbonyl (C=O) groups excluding carboxylic acids is 1. The summed E-state index contributed by atoms with van der Waals surface area (Å²) < 4.78 is 5.60. The fourth-order valence-electron chi connectivity index (χ4n) is 2.65. The lowest BCUT2D eigenvalue weighted by Crippen LogP contribution is -2.47. The van der Waals surface area contributed by atoms with Gasteiger partial charge in [0.2, 0.25) is 5.91 Å². The van der Waals surface area contributed by atoms with Gasteiger partial charge in [-0.05, 0) is 37.8 Å². The molecule has 1 heterocycles. The van der Waals surface area contributed by atoms with E-state index in [1.165, 1.54) is 6.42 Å². The first-order chi connectivity index (χ1) is 9.81. The molecule has 1 aromatic rings. The Hall–Kier alpha value is -1.26. The van der Waals surface area contributed by atoms with E-state index < -0.39 is 0 Å². The van der Waals surface area contributed by atoms with Gasteiger partial charge in [-0.15, -0.1) is 12.4 Å². The molecule has 1 fully saturated rings. The lowest BCUT2D eigenvalue weighted by molar-refractivity contribution is -0.134. The Balaban J connectivity index is 0.00000220. The van der Waals surface area contributed by atoms with E-state index in [2.05, 4.69) is 0 Å². The summed E-state index contributed by atoms with van der Waals surface area (Å²) in [6.07, 6.45) is 4.62. The summed E-state index contributed by atoms with van der Waals surface area (Å²) in [5, 5.41) is 0. The maximum absolute atomic E-state index is 12.2. The summed E-state index contributed by atoms with van der Waals surface area (Å²) in [4.78, 5) is 14.2. The number of likely N-dealkylation sites (tertiary alicyclic amines) is 1. The first-order valence-corrected chi connectivity index (χ1v) is 7.48. The molecule has 0 radical (unpaired) electrons. The fourth-order valence-corrected chi connectivity index (χ4v) is 2.65. The van der Waals surface area contributed by atoms with Crippen molar-refractivity contribution < 1.29 is 9.53 Å². The SMILES string of the molecule is Cl.NCC1CCCCN1C(=O)CCCOc1ccccc1. The van der Waals surface area contributed by atoms with Crippen LogP contribution in [0.3, 0.4) is 0 Å². The van der Waals surface area contributed by atoms with E-state index in [1.54, 1.807) is 0 Å². The van der Waals surface area contributed by atoms with Gasteiger partial charge in [-0.2, -0.15) is 0 Å². The predicted octanol–water partition coefficient (Wildman–Crippen LogP) is 2.61. The molecule has 0 aliphatic carbocycles. The van der Waals surface area contributed by atoms with Gasteiger partial charge in [-0.25, -0.2) is 0 Å². The third-order valence-corrected chi connectivity index (χ3v) is 3.77. The highest BCUT2D eigenvalue weighted by molar-refractivity contribution is 5.85. The van der Waals surface area contributed by atoms with Gasteiger partial charge in [0.05, 0.1) is 6.61 Å². The minimum absolute atomic E-state index is 0. The van der Waals surface area contributed by atoms with Gasteiger partial charge in [0, 0.05) is 25.6 Å². The summed E-state index contributed by atoms with van der Waals surface area (Å²) in [6, 6.07) is 9.94. The Kier molecular flexibility index (Phi) is 8.16. The van der Waals surface area contributed by atoms with Crippen LogP contribution in [0.5, 0.6) is 5.75 Å². The minimum atomic E-state index is 0. The molecular weight excluding hydrogens is 288 g/mol. The molecule has 2 N–H and O–H groups in total. The average Bonchev–Trinajstić information content (AvgIpc) is 2.52. The highest BCUT2D eigenvalue weighted by Gasteiger charge is 2.24. The number of nitrogens with zero attached hydrogens (tertiary/aromatic N) is 1. The van der Waals surface area contributed by atoms with Gasteiger partial charge in [0.15, 0.2) is 0 Å². The van der Waals surface area contributed by atoms with Crippen molar-refractivity contribution in [2.45, 2.75) is 38.1 Å². The van der Waals surface area contributed by atoms with E-state index in [-0.39, 0.29) is 24.4 Å². The molecule has 0 bridgehead atoms. The van der Waals surface area contributed by atoms with Crippen LogP contribution in [0, 0.1) is 0 Å². The maximum atomic E-state index is 12.2. The average molecular weight is 313 g/mol. The maximum Gasteiger partial charge on any atom is 0.222 e. The van der Waals surface area contributed by atoms with E-state index >= 15 is 0 Å². The first kappa shape index (κ1) is 17.8. The standard InChI is InChI=1S/C16H24N2O2.ClH/c17-13-14-7-4-5-11-18(14)16(19)10-6-12-20-15-8-2-1-3-9-15;/h1-3,8-9,14H,4-7,10-13,17H2;1H. The zero-order valence-electron chi connectivity index (χ0n) is 12.4. The molecule has 5 heteroatoms. The molecule has 1 saturated heterocycles. The number of piperidine rings is 1. The number of ether oxygens (including phenoxy) is 1. The summed E-state index contributed by atoms with van der Waals surface area (Å²) >= 11 is 0. The molecule has 4 nitrogen and oxygen atoms in total. The van der Waals surface area contributed by atoms with Crippen LogP contribution < -0.4 is 10.5 Å². The Morgan fingerprint density at radius 3 is 2.76 bits per heavy atom. The number of hydrogen-bond donors (Lipinski definition) is 1. The molecule has 1 aliphatic rings. The topological polar surface area (TPSA) is 55.6 Å². The van der Waals surface area contributed by atoms with Gasteiger partial charge in [-0.3, -0.25) is 4.79 Å². The number of rotatable bonds is 6. The van der Waals surface area contributed by atoms with Gasteiger partial charge in [-0.1, -0.05) is 18.2 Å². The molecule has 1 atom stereocenters. The summed E-state index contributed by atoms with van der Waals surface area (Å²) in [6.45, 7) is 2.02. The Morgan fingerprint density at radius 1 is 1.29 bits per heavy atom. The van der Waals surface area contributed by atoms with Crippen molar-refractivity contribution in [1.82, 2.24) is 4.90 Å². The Labute approximate surface area is 133 Å². The number of para-hydroxylation sites is 1. The molecule has 0 spiro atoms. The smallest absolute Gasteiger partial charge is 0.222 e. The molecule has 0 aromatic heterocycles. The van der Waals surface area contributed by atoms with Crippen LogP contribution in [0.2, 0.25) is 0 Å². The number of hydrogen-bond acceptors (Lipinski definition) is 3. The summed E-state index contributed by atoms with van der Waals surface area (Å²) in [5.74, 6) is 1.08. The van der Waals surface area contributed by atoms with E-state index in [1.807, 2.05) is 35.2 Å². The second kappa shape index (κ2) is 9.64. The first-order valence-electron chi connectivity index (χ1n) is 7.48. The second-order valence-electron chi connectivity index (χ2n) is 5.24. The number of halogens is 1. The van der Waals surface area contributed by atoms with Crippen LogP contribution in [-0.2, 0) is 4.79 Å². The van der Waals surface area contributed by atoms with Crippen molar-refractivity contribution in [2.24, 2.45) is 5.73 Å². The lowest BCUT2D eigenvalue weighted by Gasteiger charge is -2.35. The van der Waals surface area contributed by atoms with E-state index in [4.69, 9.17) is 10.5 Å². The molecule has 1 aromatic carbocycles. The molecule has 21 heavy (non-hydrogen) atoms. The fraction of sp³-hybridized carbons (Fsp3) is 0.562. The normalized spacial score (nSPS) is 18.0. The van der Waals surface area contributed by atoms with Crippen molar-refractivity contribution in [2.75, 3.05) is 19.7 Å². The van der Waals surface area contributed by atoms with Crippen LogP contribution in [0.15, 0.2) is 30.3 Å². The quantitative estimate of drug-likeness (QED) is 0.822. The molecular formula is C16H25ClN2O2. The summed E-state index contributed by atoms with van der Waals surface area (Å²) in [5.41, 5.74) is 5.74. The lowest BCUT2D eigenvalue weighted by atomic mass is 10.0. The van der Waals surface area contributed by atoms with E-state index in [9.17, 15) is 4.79 Å². The molecule has 1 amide bonds. The minimum Gasteiger partial charge on any atom is -0.494 e. The van der Waals surface area contributed by atoms with Crippen LogP contribution in [-0.4, -0.2) is 36.5 Å². The van der Waals surface area contributed by atoms with E-state index in [0.717, 1.165) is 31.6 Å². The second-order valence-corrected chi connectivity index (χ2v) is 5.24. The van der Waals surface area contributed by atoms with Crippen molar-refractivity contribution in [1.29, 1.82) is 0 Å². The van der Waals surface area contributed by atoms with Crippen molar-refractivity contribution in [3.63, 3.8) is 0 Å². The predicted molar refractivity (Wildman–Crippen MR) is 86.8 cm³/mol. The van der Waals surface area contributed by atoms with Gasteiger partial charge < -0.3 is 15.4 Å². The number of benzene rings is 1. The van der Waals surface area contributed by atoms with Crippen molar-refractivity contribution in [3.05, 3.63) is 30.3 Å². The van der Waals surface area contributed by atoms with Crippen LogP contribution in [0.25, 0.3) is 0 Å². The van der Waals surface area contributed by atoms with Gasteiger partial charge >= 0.3 is 0 Å². The molecule has 2 rings (SSSR count). The Morgan fingerprint density at radius 2 is 2.05 bits per heavy atom. The van der Waals surface area contributed by atoms with Crippen LogP contribution in [0.4, 0.5) is 0 Å². The highest BCUT2D eigenvalue weighted by Crippen LogP contribution is 2.17. The molecule has 1 aliphatic heterocycles. The third kappa shape index (κ3) is 5.56. The van der Waals surface area contributed by atoms with Crippen LogP contribution >= 0.6 is 12.4 Å². The van der Waals surface area contributed by atoms with Gasteiger partial charge in [0.1, 0.15) is 5.75 Å². The van der Waals surface area contributed by atoms with Crippen molar-refractivity contribution >= 4 is 18.3 Å². The molecule has 0 saturated carbocycles. The van der Waals surface area contributed by atoms with E-state index in [0.29, 0.717) is 19.6 Å². The Bertz CT molecular complexity index is 414. The number of carbonyl (C=O) groups is 1. The molecule has 1 unspecified atom stereocenters.